The second-order valence-corrected chi connectivity index (χ2v) is 10.5. The number of alkyl halides is 3. The first kappa shape index (κ1) is 26.1. The van der Waals surface area contributed by atoms with Crippen LogP contribution >= 0.6 is 11.3 Å². The lowest BCUT2D eigenvalue weighted by molar-refractivity contribution is -0.140. The summed E-state index contributed by atoms with van der Waals surface area (Å²) in [5.74, 6) is -1.31. The minimum absolute atomic E-state index is 0.176. The summed E-state index contributed by atoms with van der Waals surface area (Å²) in [4.78, 5) is 35.6. The molecule has 0 saturated carbocycles. The topological polar surface area (TPSA) is 88.3 Å². The molecule has 4 heterocycles. The number of fused-ring (bicyclic) bond motifs is 1. The Labute approximate surface area is 220 Å². The predicted octanol–water partition coefficient (Wildman–Crippen LogP) is 5.70. The number of hydrogen-bond donors (Lipinski definition) is 1. The molecule has 1 N–H and O–H groups in total. The maximum Gasteiger partial charge on any atom is 0.434 e. The number of nitrogens with zero attached hydrogens (tertiary/aromatic N) is 4. The summed E-state index contributed by atoms with van der Waals surface area (Å²) in [5, 5.41) is 11.1. The van der Waals surface area contributed by atoms with E-state index in [2.05, 4.69) is 14.9 Å². The zero-order valence-electron chi connectivity index (χ0n) is 20.7. The molecular weight excluding hydrogens is 517 g/mol. The van der Waals surface area contributed by atoms with Crippen molar-refractivity contribution in [3.8, 4) is 21.7 Å². The Morgan fingerprint density at radius 1 is 1.21 bits per heavy atom. The Kier molecular flexibility index (Phi) is 6.83. The Balaban J connectivity index is 1.66. The van der Waals surface area contributed by atoms with E-state index in [-0.39, 0.29) is 22.0 Å². The van der Waals surface area contributed by atoms with E-state index < -0.39 is 23.3 Å². The van der Waals surface area contributed by atoms with Gasteiger partial charge in [0.25, 0.3) is 0 Å². The van der Waals surface area contributed by atoms with Crippen LogP contribution in [0.2, 0.25) is 0 Å². The van der Waals surface area contributed by atoms with Crippen LogP contribution in [0.3, 0.4) is 0 Å². The van der Waals surface area contributed by atoms with Crippen molar-refractivity contribution in [2.75, 3.05) is 13.6 Å². The summed E-state index contributed by atoms with van der Waals surface area (Å²) in [5.41, 5.74) is 0.763. The van der Waals surface area contributed by atoms with Gasteiger partial charge in [-0.15, -0.1) is 11.3 Å². The first-order valence-corrected chi connectivity index (χ1v) is 13.0. The number of benzene rings is 1. The van der Waals surface area contributed by atoms with Gasteiger partial charge in [-0.05, 0) is 57.1 Å². The zero-order valence-corrected chi connectivity index (χ0v) is 21.6. The van der Waals surface area contributed by atoms with Gasteiger partial charge >= 0.3 is 12.1 Å². The minimum atomic E-state index is -4.56. The SMILES string of the molecule is Cc1cc(-c2nc(C(F)(F)F)cs2)c(-c2ccc3c(c2)c(=O)c(C(=O)O)cn3CC2CCCCN2C)cn1. The maximum atomic E-state index is 13.2. The summed E-state index contributed by atoms with van der Waals surface area (Å²) in [7, 11) is 2.04. The number of pyridine rings is 2. The fraction of sp³-hybridized carbons (Fsp3) is 0.333. The van der Waals surface area contributed by atoms with Crippen molar-refractivity contribution in [1.82, 2.24) is 19.4 Å². The summed E-state index contributed by atoms with van der Waals surface area (Å²) in [6.45, 7) is 3.21. The molecule has 3 aromatic heterocycles. The van der Waals surface area contributed by atoms with Crippen LogP contribution in [0.1, 0.15) is 41.0 Å². The number of hydrogen-bond acceptors (Lipinski definition) is 6. The highest BCUT2D eigenvalue weighted by molar-refractivity contribution is 7.13. The molecule has 38 heavy (non-hydrogen) atoms. The van der Waals surface area contributed by atoms with Gasteiger partial charge < -0.3 is 14.6 Å². The third-order valence-corrected chi connectivity index (χ3v) is 7.89. The van der Waals surface area contributed by atoms with Crippen LogP contribution in [0.25, 0.3) is 32.6 Å². The molecule has 0 amide bonds. The van der Waals surface area contributed by atoms with Gasteiger partial charge in [0.2, 0.25) is 5.43 Å². The average molecular weight is 543 g/mol. The monoisotopic (exact) mass is 542 g/mol. The van der Waals surface area contributed by atoms with Crippen LogP contribution in [0.5, 0.6) is 0 Å². The highest BCUT2D eigenvalue weighted by atomic mass is 32.1. The van der Waals surface area contributed by atoms with Crippen molar-refractivity contribution >= 4 is 28.2 Å². The van der Waals surface area contributed by atoms with Gasteiger partial charge in [0, 0.05) is 52.6 Å². The number of carbonyl (C=O) groups is 1. The molecule has 1 aliphatic rings. The van der Waals surface area contributed by atoms with Crippen LogP contribution in [0, 0.1) is 6.92 Å². The Morgan fingerprint density at radius 3 is 2.68 bits per heavy atom. The summed E-state index contributed by atoms with van der Waals surface area (Å²) in [6.07, 6.45) is 1.54. The van der Waals surface area contributed by atoms with E-state index >= 15 is 0 Å². The number of aromatic carboxylic acids is 1. The number of thiazole rings is 1. The molecule has 0 bridgehead atoms. The van der Waals surface area contributed by atoms with Gasteiger partial charge in [-0.25, -0.2) is 9.78 Å². The van der Waals surface area contributed by atoms with E-state index in [0.29, 0.717) is 34.4 Å². The van der Waals surface area contributed by atoms with Crippen LogP contribution < -0.4 is 5.43 Å². The fourth-order valence-electron chi connectivity index (χ4n) is 4.96. The molecule has 1 fully saturated rings. The van der Waals surface area contributed by atoms with Gasteiger partial charge in [-0.1, -0.05) is 12.5 Å². The molecule has 0 aliphatic carbocycles. The summed E-state index contributed by atoms with van der Waals surface area (Å²) >= 11 is 0.875. The first-order valence-electron chi connectivity index (χ1n) is 12.1. The van der Waals surface area contributed by atoms with E-state index in [4.69, 9.17) is 0 Å². The van der Waals surface area contributed by atoms with Crippen molar-refractivity contribution < 1.29 is 23.1 Å². The van der Waals surface area contributed by atoms with Crippen LogP contribution in [-0.4, -0.2) is 50.1 Å². The van der Waals surface area contributed by atoms with Crippen LogP contribution in [0.4, 0.5) is 13.2 Å². The van der Waals surface area contributed by atoms with Crippen molar-refractivity contribution in [3.05, 3.63) is 69.2 Å². The van der Waals surface area contributed by atoms with E-state index in [1.807, 2.05) is 11.6 Å². The molecule has 198 valence electrons. The molecule has 7 nitrogen and oxygen atoms in total. The number of piperidine rings is 1. The molecule has 0 spiro atoms. The lowest BCUT2D eigenvalue weighted by Gasteiger charge is -2.33. The van der Waals surface area contributed by atoms with Crippen LogP contribution in [-0.2, 0) is 12.7 Å². The standard InChI is InChI=1S/C27H25F3N4O3S/c1-15-9-18(25-32-23(14-38-25)27(28,29)30)20(11-31-15)16-6-7-22-19(10-16)24(35)21(26(36)37)13-34(22)12-17-5-3-4-8-33(17)2/h6-7,9-11,13-14,17H,3-5,8,12H2,1-2H3,(H,36,37). The van der Waals surface area contributed by atoms with E-state index in [9.17, 15) is 27.9 Å². The summed E-state index contributed by atoms with van der Waals surface area (Å²) in [6, 6.07) is 6.99. The first-order chi connectivity index (χ1) is 18.0. The van der Waals surface area contributed by atoms with E-state index in [0.717, 1.165) is 42.5 Å². The second kappa shape index (κ2) is 9.95. The van der Waals surface area contributed by atoms with Crippen molar-refractivity contribution in [2.45, 2.75) is 44.9 Å². The highest BCUT2D eigenvalue weighted by Crippen LogP contribution is 2.38. The summed E-state index contributed by atoms with van der Waals surface area (Å²) < 4.78 is 41.5. The second-order valence-electron chi connectivity index (χ2n) is 9.60. The third kappa shape index (κ3) is 4.95. The third-order valence-electron chi connectivity index (χ3n) is 7.02. The molecule has 1 saturated heterocycles. The van der Waals surface area contributed by atoms with Crippen molar-refractivity contribution in [1.29, 1.82) is 0 Å². The Hall–Kier alpha value is -3.57. The van der Waals surface area contributed by atoms with Gasteiger partial charge in [0.05, 0.1) is 5.52 Å². The number of halogens is 3. The number of carboxylic acids is 1. The van der Waals surface area contributed by atoms with Gasteiger partial charge in [0.1, 0.15) is 10.6 Å². The average Bonchev–Trinajstić information content (AvgIpc) is 3.38. The lowest BCUT2D eigenvalue weighted by atomic mass is 9.98. The molecule has 5 rings (SSSR count). The molecule has 1 atom stereocenters. The number of rotatable bonds is 5. The smallest absolute Gasteiger partial charge is 0.434 e. The number of carboxylic acid groups (broad SMARTS) is 1. The Morgan fingerprint density at radius 2 is 2.00 bits per heavy atom. The van der Waals surface area contributed by atoms with Crippen LogP contribution in [0.15, 0.2) is 46.8 Å². The van der Waals surface area contributed by atoms with Gasteiger partial charge in [-0.2, -0.15) is 13.2 Å². The lowest BCUT2D eigenvalue weighted by Crippen LogP contribution is -2.39. The normalized spacial score (nSPS) is 16.7. The van der Waals surface area contributed by atoms with Gasteiger partial charge in [0.15, 0.2) is 5.69 Å². The molecule has 1 unspecified atom stereocenters. The molecule has 1 aliphatic heterocycles. The fourth-order valence-corrected chi connectivity index (χ4v) is 5.82. The number of aromatic nitrogens is 3. The largest absolute Gasteiger partial charge is 0.477 e. The zero-order chi connectivity index (χ0) is 27.2. The Bertz CT molecular complexity index is 1590. The van der Waals surface area contributed by atoms with Crippen molar-refractivity contribution in [2.24, 2.45) is 0 Å². The quantitative estimate of drug-likeness (QED) is 0.348. The molecule has 1 aromatic carbocycles. The number of likely N-dealkylation sites (N-methyl/N-ethyl adjacent to an activating group) is 1. The van der Waals surface area contributed by atoms with E-state index in [1.54, 1.807) is 31.2 Å². The van der Waals surface area contributed by atoms with E-state index in [1.165, 1.54) is 12.4 Å². The molecule has 0 radical (unpaired) electrons. The number of aryl methyl sites for hydroxylation is 1. The maximum absolute atomic E-state index is 13.2. The molecule has 4 aromatic rings. The minimum Gasteiger partial charge on any atom is -0.477 e. The predicted molar refractivity (Wildman–Crippen MR) is 140 cm³/mol. The van der Waals surface area contributed by atoms with Gasteiger partial charge in [-0.3, -0.25) is 9.78 Å². The highest BCUT2D eigenvalue weighted by Gasteiger charge is 2.34. The molecular formula is C27H25F3N4O3S. The molecule has 11 heteroatoms. The number of likely N-dealkylation sites (tertiary alicyclic amines) is 1. The van der Waals surface area contributed by atoms with Crippen molar-refractivity contribution in [3.63, 3.8) is 0 Å².